The molecule has 412 valence electrons. The van der Waals surface area contributed by atoms with Crippen molar-refractivity contribution < 1.29 is 28.6 Å². The molecule has 0 aromatic heterocycles. The summed E-state index contributed by atoms with van der Waals surface area (Å²) in [5, 5.41) is 0. The van der Waals surface area contributed by atoms with Crippen LogP contribution in [0, 0.1) is 0 Å². The van der Waals surface area contributed by atoms with Gasteiger partial charge in [-0.25, -0.2) is 0 Å². The Morgan fingerprint density at radius 3 is 0.901 bits per heavy atom. The number of ether oxygens (including phenoxy) is 3. The highest BCUT2D eigenvalue weighted by atomic mass is 16.6. The molecule has 0 radical (unpaired) electrons. The summed E-state index contributed by atoms with van der Waals surface area (Å²) in [6, 6.07) is 0. The van der Waals surface area contributed by atoms with Crippen molar-refractivity contribution in [2.45, 2.75) is 322 Å². The first kappa shape index (κ1) is 68.1. The van der Waals surface area contributed by atoms with Crippen LogP contribution in [0.4, 0.5) is 0 Å². The number of carbonyl (C=O) groups excluding carboxylic acids is 3. The van der Waals surface area contributed by atoms with E-state index in [-0.39, 0.29) is 31.1 Å². The summed E-state index contributed by atoms with van der Waals surface area (Å²) in [5.41, 5.74) is 0. The van der Waals surface area contributed by atoms with Crippen LogP contribution in [-0.2, 0) is 28.6 Å². The topological polar surface area (TPSA) is 78.9 Å². The van der Waals surface area contributed by atoms with Crippen LogP contribution in [0.5, 0.6) is 0 Å². The molecule has 1 atom stereocenters. The average Bonchev–Trinajstić information content (AvgIpc) is 3.37. The number of esters is 3. The van der Waals surface area contributed by atoms with Gasteiger partial charge in [0.2, 0.25) is 0 Å². The van der Waals surface area contributed by atoms with Gasteiger partial charge in [-0.2, -0.15) is 0 Å². The Balaban J connectivity index is 4.38. The fraction of sp³-hybridized carbons (Fsp3) is 0.800. The Morgan fingerprint density at radius 2 is 0.549 bits per heavy atom. The molecule has 71 heavy (non-hydrogen) atoms. The van der Waals surface area contributed by atoms with E-state index in [0.717, 1.165) is 83.5 Å². The molecule has 0 N–H and O–H groups in total. The summed E-state index contributed by atoms with van der Waals surface area (Å²) < 4.78 is 16.9. The van der Waals surface area contributed by atoms with Crippen molar-refractivity contribution in [2.75, 3.05) is 13.2 Å². The van der Waals surface area contributed by atoms with Crippen LogP contribution in [0.2, 0.25) is 0 Å². The lowest BCUT2D eigenvalue weighted by Gasteiger charge is -2.18. The fourth-order valence-corrected chi connectivity index (χ4v) is 8.90. The van der Waals surface area contributed by atoms with Crippen LogP contribution in [0.25, 0.3) is 0 Å². The maximum Gasteiger partial charge on any atom is 0.306 e. The second kappa shape index (κ2) is 59.7. The Bertz CT molecular complexity index is 1280. The SMILES string of the molecule is CC/C=C\C/C=C\C/C=C\C/C=C\CCCCC(=O)OC[C@H](COC(=O)CCCCCCCCCCCCCCCCCCCCC)OC(=O)CCCCCCCCCCC/C=C\CCCCCCCC. The third-order valence-electron chi connectivity index (χ3n) is 13.5. The molecular weight excluding hydrogens is 877 g/mol. The van der Waals surface area contributed by atoms with Crippen molar-refractivity contribution in [1.82, 2.24) is 0 Å². The first-order chi connectivity index (χ1) is 35.0. The molecule has 0 heterocycles. The van der Waals surface area contributed by atoms with E-state index >= 15 is 0 Å². The van der Waals surface area contributed by atoms with Crippen molar-refractivity contribution in [3.05, 3.63) is 60.8 Å². The van der Waals surface area contributed by atoms with Crippen molar-refractivity contribution in [3.63, 3.8) is 0 Å². The van der Waals surface area contributed by atoms with Gasteiger partial charge in [0.25, 0.3) is 0 Å². The van der Waals surface area contributed by atoms with Crippen molar-refractivity contribution in [1.29, 1.82) is 0 Å². The summed E-state index contributed by atoms with van der Waals surface area (Å²) in [5.74, 6) is -0.914. The summed E-state index contributed by atoms with van der Waals surface area (Å²) in [7, 11) is 0. The van der Waals surface area contributed by atoms with E-state index in [1.807, 2.05) is 0 Å². The van der Waals surface area contributed by atoms with Crippen LogP contribution in [0.1, 0.15) is 316 Å². The molecule has 0 aliphatic heterocycles. The van der Waals surface area contributed by atoms with Gasteiger partial charge < -0.3 is 14.2 Å². The molecule has 0 spiro atoms. The predicted molar refractivity (Wildman–Crippen MR) is 307 cm³/mol. The lowest BCUT2D eigenvalue weighted by Crippen LogP contribution is -2.30. The van der Waals surface area contributed by atoms with E-state index in [1.165, 1.54) is 193 Å². The minimum Gasteiger partial charge on any atom is -0.462 e. The monoisotopic (exact) mass is 993 g/mol. The lowest BCUT2D eigenvalue weighted by atomic mass is 10.0. The molecule has 0 bridgehead atoms. The lowest BCUT2D eigenvalue weighted by molar-refractivity contribution is -0.167. The third-order valence-corrected chi connectivity index (χ3v) is 13.5. The van der Waals surface area contributed by atoms with Gasteiger partial charge in [-0.3, -0.25) is 14.4 Å². The average molecular weight is 994 g/mol. The number of rotatable bonds is 56. The highest BCUT2D eigenvalue weighted by Gasteiger charge is 2.19. The van der Waals surface area contributed by atoms with E-state index in [4.69, 9.17) is 14.2 Å². The van der Waals surface area contributed by atoms with Crippen LogP contribution in [0.15, 0.2) is 60.8 Å². The van der Waals surface area contributed by atoms with Gasteiger partial charge >= 0.3 is 17.9 Å². The van der Waals surface area contributed by atoms with Gasteiger partial charge in [0, 0.05) is 19.3 Å². The summed E-state index contributed by atoms with van der Waals surface area (Å²) >= 11 is 0. The van der Waals surface area contributed by atoms with E-state index in [9.17, 15) is 14.4 Å². The smallest absolute Gasteiger partial charge is 0.306 e. The molecule has 6 nitrogen and oxygen atoms in total. The largest absolute Gasteiger partial charge is 0.462 e. The maximum absolute atomic E-state index is 12.9. The highest BCUT2D eigenvalue weighted by Crippen LogP contribution is 2.17. The van der Waals surface area contributed by atoms with Gasteiger partial charge in [0.1, 0.15) is 13.2 Å². The standard InChI is InChI=1S/C65H116O6/c1-4-7-10-13-16-19-22-25-28-30-32-34-37-40-43-46-49-52-55-58-64(67)70-61-62(60-69-63(66)57-54-51-48-45-42-39-36-27-24-21-18-15-12-9-6-3)71-65(68)59-56-53-50-47-44-41-38-35-33-31-29-26-23-20-17-14-11-8-5-2/h9,12,18,21,26-27,29,36,42,45,62H,4-8,10-11,13-17,19-20,22-25,28,30-35,37-41,43-44,46-61H2,1-3H3/b12-9-,21-18-,29-26-,36-27-,45-42-/t62-/m1/s1. The van der Waals surface area contributed by atoms with Crippen molar-refractivity contribution in [3.8, 4) is 0 Å². The zero-order valence-electron chi connectivity index (χ0n) is 47.2. The molecule has 0 rings (SSSR count). The summed E-state index contributed by atoms with van der Waals surface area (Å²) in [4.78, 5) is 38.2. The van der Waals surface area contributed by atoms with Crippen LogP contribution in [-0.4, -0.2) is 37.2 Å². The number of unbranched alkanes of at least 4 members (excludes halogenated alkanes) is 35. The molecule has 0 aromatic rings. The van der Waals surface area contributed by atoms with E-state index < -0.39 is 6.10 Å². The Labute approximate surface area is 440 Å². The Kier molecular flexibility index (Phi) is 57.2. The third kappa shape index (κ3) is 57.9. The predicted octanol–water partition coefficient (Wildman–Crippen LogP) is 20.8. The summed E-state index contributed by atoms with van der Waals surface area (Å²) in [6.45, 7) is 6.53. The molecule has 0 saturated carbocycles. The Morgan fingerprint density at radius 1 is 0.296 bits per heavy atom. The van der Waals surface area contributed by atoms with Gasteiger partial charge in [-0.15, -0.1) is 0 Å². The molecule has 0 aliphatic carbocycles. The summed E-state index contributed by atoms with van der Waals surface area (Å²) in [6.07, 6.45) is 75.1. The van der Waals surface area contributed by atoms with Gasteiger partial charge in [0.15, 0.2) is 6.10 Å². The molecule has 0 aromatic carbocycles. The molecule has 0 amide bonds. The molecule has 6 heteroatoms. The minimum atomic E-state index is -0.791. The molecule has 0 unspecified atom stereocenters. The molecule has 0 saturated heterocycles. The number of hydrogen-bond donors (Lipinski definition) is 0. The second-order valence-corrected chi connectivity index (χ2v) is 20.6. The first-order valence-corrected chi connectivity index (χ1v) is 30.8. The number of hydrogen-bond acceptors (Lipinski definition) is 6. The van der Waals surface area contributed by atoms with E-state index in [1.54, 1.807) is 0 Å². The maximum atomic E-state index is 12.9. The van der Waals surface area contributed by atoms with Gasteiger partial charge in [-0.05, 0) is 83.5 Å². The van der Waals surface area contributed by atoms with Crippen LogP contribution < -0.4 is 0 Å². The fourth-order valence-electron chi connectivity index (χ4n) is 8.90. The van der Waals surface area contributed by atoms with Gasteiger partial charge in [0.05, 0.1) is 0 Å². The molecular formula is C65H116O6. The minimum absolute atomic E-state index is 0.0850. The number of allylic oxidation sites excluding steroid dienone is 10. The van der Waals surface area contributed by atoms with E-state index in [0.29, 0.717) is 19.3 Å². The molecule has 0 aliphatic rings. The van der Waals surface area contributed by atoms with Crippen LogP contribution >= 0.6 is 0 Å². The highest BCUT2D eigenvalue weighted by molar-refractivity contribution is 5.71. The molecule has 0 fully saturated rings. The van der Waals surface area contributed by atoms with E-state index in [2.05, 4.69) is 81.5 Å². The van der Waals surface area contributed by atoms with Crippen molar-refractivity contribution in [2.24, 2.45) is 0 Å². The zero-order valence-corrected chi connectivity index (χ0v) is 47.2. The zero-order chi connectivity index (χ0) is 51.4. The van der Waals surface area contributed by atoms with Gasteiger partial charge in [-0.1, -0.05) is 274 Å². The van der Waals surface area contributed by atoms with Crippen LogP contribution in [0.3, 0.4) is 0 Å². The first-order valence-electron chi connectivity index (χ1n) is 30.8. The second-order valence-electron chi connectivity index (χ2n) is 20.6. The Hall–Kier alpha value is -2.89. The quantitative estimate of drug-likeness (QED) is 0.0261. The van der Waals surface area contributed by atoms with Crippen molar-refractivity contribution >= 4 is 17.9 Å². The number of carbonyl (C=O) groups is 3. The normalized spacial score (nSPS) is 12.4.